The van der Waals surface area contributed by atoms with Gasteiger partial charge < -0.3 is 33.5 Å². The van der Waals surface area contributed by atoms with E-state index in [-0.39, 0.29) is 23.7 Å². The molecule has 0 N–H and O–H groups in total. The molecule has 2 fully saturated rings. The first-order valence-electron chi connectivity index (χ1n) is 17.4. The van der Waals surface area contributed by atoms with Crippen molar-refractivity contribution in [2.75, 3.05) is 72.0 Å². The van der Waals surface area contributed by atoms with Gasteiger partial charge in [-0.2, -0.15) is 0 Å². The number of hydrogen-bond acceptors (Lipinski definition) is 9. The summed E-state index contributed by atoms with van der Waals surface area (Å²) in [6.07, 6.45) is 6.54. The number of likely N-dealkylation sites (tertiary alicyclic amines) is 1. The first-order chi connectivity index (χ1) is 24.5. The van der Waals surface area contributed by atoms with Crippen LogP contribution in [0.4, 0.5) is 5.95 Å². The van der Waals surface area contributed by atoms with Gasteiger partial charge in [-0.1, -0.05) is 47.7 Å². The van der Waals surface area contributed by atoms with Crippen LogP contribution in [0, 0.1) is 0 Å². The first-order valence-corrected chi connectivity index (χ1v) is 17.4. The number of imidazole rings is 1. The fraction of sp³-hybridized carbons (Fsp3) is 0.421. The van der Waals surface area contributed by atoms with Gasteiger partial charge in [0.2, 0.25) is 11.7 Å². The van der Waals surface area contributed by atoms with Crippen molar-refractivity contribution in [1.29, 1.82) is 0 Å². The number of benzene rings is 3. The van der Waals surface area contributed by atoms with E-state index in [4.69, 9.17) is 19.2 Å². The van der Waals surface area contributed by atoms with Crippen molar-refractivity contribution < 1.29 is 19.0 Å². The summed E-state index contributed by atoms with van der Waals surface area (Å²) >= 11 is 0. The molecule has 5 aromatic rings. The molecule has 12 nitrogen and oxygen atoms in total. The number of aryl methyl sites for hydroxylation is 2. The molecule has 2 aliphatic heterocycles. The van der Waals surface area contributed by atoms with Crippen LogP contribution in [0.25, 0.3) is 11.0 Å². The molecule has 7 rings (SSSR count). The quantitative estimate of drug-likeness (QED) is 0.173. The normalized spacial score (nSPS) is 18.0. The molecular formula is C38H47ClN8O4. The van der Waals surface area contributed by atoms with Crippen molar-refractivity contribution in [1.82, 2.24) is 34.3 Å². The summed E-state index contributed by atoms with van der Waals surface area (Å²) in [4.78, 5) is 26.1. The van der Waals surface area contributed by atoms with Gasteiger partial charge in [0.15, 0.2) is 11.5 Å². The standard InChI is InChI=1S/C38H46N8O4.ClH/c1-48-33-26-29(27-34(49-2)35(33)50-3)36(47)44-20-15-38(28-44,30-10-5-4-6-11-30)14-19-42-17-9-18-43(23-22-42)37-40-31-12-7-8-13-32(31)46(37)25-24-45-21-16-39-41-45;/h4-8,10-13,16,21,26-27H,9,14-15,17-20,22-25,28H2,1-3H3;1H. The minimum Gasteiger partial charge on any atom is -0.493 e. The number of para-hydroxylation sites is 2. The average Bonchev–Trinajstić information content (AvgIpc) is 3.89. The number of methoxy groups -OCH3 is 3. The summed E-state index contributed by atoms with van der Waals surface area (Å²) < 4.78 is 20.8. The van der Waals surface area contributed by atoms with Gasteiger partial charge in [-0.05, 0) is 62.2 Å². The molecular weight excluding hydrogens is 668 g/mol. The van der Waals surface area contributed by atoms with Crippen molar-refractivity contribution in [3.8, 4) is 17.2 Å². The number of anilines is 1. The van der Waals surface area contributed by atoms with Crippen LogP contribution in [-0.4, -0.2) is 107 Å². The molecule has 2 aliphatic rings. The van der Waals surface area contributed by atoms with Crippen LogP contribution in [0.15, 0.2) is 79.1 Å². The largest absolute Gasteiger partial charge is 0.493 e. The van der Waals surface area contributed by atoms with E-state index in [1.165, 1.54) is 5.56 Å². The maximum atomic E-state index is 14.0. The molecule has 0 bridgehead atoms. The van der Waals surface area contributed by atoms with Gasteiger partial charge in [0, 0.05) is 56.4 Å². The lowest BCUT2D eigenvalue weighted by molar-refractivity contribution is 0.0780. The molecule has 3 aromatic carbocycles. The lowest BCUT2D eigenvalue weighted by Crippen LogP contribution is -2.39. The van der Waals surface area contributed by atoms with Crippen molar-refractivity contribution in [2.24, 2.45) is 0 Å². The van der Waals surface area contributed by atoms with Crippen LogP contribution in [0.2, 0.25) is 0 Å². The fourth-order valence-corrected chi connectivity index (χ4v) is 7.65. The Bertz CT molecular complexity index is 1880. The van der Waals surface area contributed by atoms with Crippen molar-refractivity contribution in [3.63, 3.8) is 0 Å². The fourth-order valence-electron chi connectivity index (χ4n) is 7.65. The van der Waals surface area contributed by atoms with Gasteiger partial charge in [-0.3, -0.25) is 9.48 Å². The molecule has 1 amide bonds. The Morgan fingerprint density at radius 2 is 1.61 bits per heavy atom. The summed E-state index contributed by atoms with van der Waals surface area (Å²) in [5.41, 5.74) is 3.83. The van der Waals surface area contributed by atoms with Gasteiger partial charge in [0.1, 0.15) is 0 Å². The highest BCUT2D eigenvalue weighted by molar-refractivity contribution is 5.96. The van der Waals surface area contributed by atoms with Crippen LogP contribution < -0.4 is 19.1 Å². The summed E-state index contributed by atoms with van der Waals surface area (Å²) in [5, 5.41) is 8.14. The van der Waals surface area contributed by atoms with Crippen LogP contribution in [-0.2, 0) is 18.5 Å². The summed E-state index contributed by atoms with van der Waals surface area (Å²) in [6.45, 7) is 7.61. The van der Waals surface area contributed by atoms with E-state index in [2.05, 4.69) is 79.3 Å². The molecule has 13 heteroatoms. The molecule has 51 heavy (non-hydrogen) atoms. The van der Waals surface area contributed by atoms with Gasteiger partial charge >= 0.3 is 0 Å². The molecule has 0 radical (unpaired) electrons. The second-order valence-corrected chi connectivity index (χ2v) is 13.2. The van der Waals surface area contributed by atoms with Gasteiger partial charge in [0.05, 0.1) is 45.1 Å². The third-order valence-electron chi connectivity index (χ3n) is 10.4. The number of carbonyl (C=O) groups is 1. The van der Waals surface area contributed by atoms with E-state index in [0.717, 1.165) is 82.1 Å². The van der Waals surface area contributed by atoms with Gasteiger partial charge in [-0.15, -0.1) is 17.5 Å². The number of hydrogen-bond donors (Lipinski definition) is 0. The Kier molecular flexibility index (Phi) is 11.3. The third-order valence-corrected chi connectivity index (χ3v) is 10.4. The number of rotatable bonds is 12. The van der Waals surface area contributed by atoms with Crippen LogP contribution in [0.3, 0.4) is 0 Å². The summed E-state index contributed by atoms with van der Waals surface area (Å²) in [5.74, 6) is 2.42. The first kappa shape index (κ1) is 36.0. The molecule has 270 valence electrons. The highest BCUT2D eigenvalue weighted by Crippen LogP contribution is 2.41. The Hall–Kier alpha value is -4.81. The van der Waals surface area contributed by atoms with Crippen molar-refractivity contribution in [3.05, 3.63) is 90.3 Å². The zero-order chi connectivity index (χ0) is 34.5. The number of ether oxygens (including phenoxy) is 3. The Morgan fingerprint density at radius 3 is 2.33 bits per heavy atom. The molecule has 1 atom stereocenters. The molecule has 0 spiro atoms. The predicted octanol–water partition coefficient (Wildman–Crippen LogP) is 5.16. The lowest BCUT2D eigenvalue weighted by Gasteiger charge is -2.33. The van der Waals surface area contributed by atoms with Gasteiger partial charge in [-0.25, -0.2) is 4.98 Å². The van der Waals surface area contributed by atoms with Crippen LogP contribution in [0.1, 0.15) is 35.2 Å². The number of halogens is 1. The average molecular weight is 715 g/mol. The van der Waals surface area contributed by atoms with E-state index < -0.39 is 0 Å². The van der Waals surface area contributed by atoms with E-state index in [0.29, 0.717) is 35.9 Å². The summed E-state index contributed by atoms with van der Waals surface area (Å²) in [6, 6.07) is 22.6. The number of carbonyl (C=O) groups excluding carboxylic acids is 1. The van der Waals surface area contributed by atoms with Crippen LogP contribution >= 0.6 is 12.4 Å². The Morgan fingerprint density at radius 1 is 0.843 bits per heavy atom. The van der Waals surface area contributed by atoms with Crippen LogP contribution in [0.5, 0.6) is 17.2 Å². The lowest BCUT2D eigenvalue weighted by atomic mass is 9.76. The molecule has 2 saturated heterocycles. The zero-order valence-electron chi connectivity index (χ0n) is 29.6. The van der Waals surface area contributed by atoms with Crippen molar-refractivity contribution in [2.45, 2.75) is 37.8 Å². The van der Waals surface area contributed by atoms with E-state index in [9.17, 15) is 4.79 Å². The van der Waals surface area contributed by atoms with Crippen molar-refractivity contribution >= 4 is 35.3 Å². The topological polar surface area (TPSA) is 103 Å². The molecule has 0 aliphatic carbocycles. The highest BCUT2D eigenvalue weighted by Gasteiger charge is 2.42. The number of nitrogens with zero attached hydrogens (tertiary/aromatic N) is 8. The SMILES string of the molecule is COc1cc(C(=O)N2CCC(CCN3CCCN(c4nc5ccccc5n4CCn4ccnn4)CC3)(c3ccccc3)C2)cc(OC)c1OC.Cl. The van der Waals surface area contributed by atoms with Gasteiger partial charge in [0.25, 0.3) is 5.91 Å². The maximum Gasteiger partial charge on any atom is 0.254 e. The predicted molar refractivity (Wildman–Crippen MR) is 200 cm³/mol. The Labute approximate surface area is 305 Å². The smallest absolute Gasteiger partial charge is 0.254 e. The zero-order valence-corrected chi connectivity index (χ0v) is 30.4. The Balaban J connectivity index is 0.00000448. The highest BCUT2D eigenvalue weighted by atomic mass is 35.5. The monoisotopic (exact) mass is 714 g/mol. The number of amides is 1. The minimum atomic E-state index is -0.140. The van der Waals surface area contributed by atoms with E-state index in [1.807, 2.05) is 15.8 Å². The molecule has 1 unspecified atom stereocenters. The number of fused-ring (bicyclic) bond motifs is 1. The third kappa shape index (κ3) is 7.48. The maximum absolute atomic E-state index is 14.0. The number of aromatic nitrogens is 5. The summed E-state index contributed by atoms with van der Waals surface area (Å²) in [7, 11) is 4.71. The molecule has 0 saturated carbocycles. The minimum absolute atomic E-state index is 0. The molecule has 2 aromatic heterocycles. The molecule has 4 heterocycles. The van der Waals surface area contributed by atoms with E-state index in [1.54, 1.807) is 39.7 Å². The second kappa shape index (κ2) is 16.0. The second-order valence-electron chi connectivity index (χ2n) is 13.2. The van der Waals surface area contributed by atoms with E-state index >= 15 is 0 Å².